The van der Waals surface area contributed by atoms with Crippen LogP contribution in [0.5, 0.6) is 0 Å². The molecular weight excluding hydrogens is 466 g/mol. The molecule has 2 aromatic carbocycles. The Kier molecular flexibility index (Phi) is 6.58. The molecule has 1 amide bonds. The molecule has 1 aliphatic rings. The summed E-state index contributed by atoms with van der Waals surface area (Å²) < 4.78 is 28.1. The van der Waals surface area contributed by atoms with Crippen molar-refractivity contribution in [3.8, 4) is 0 Å². The Morgan fingerprint density at radius 3 is 2.56 bits per heavy atom. The molecule has 0 radical (unpaired) electrons. The molecule has 4 rings (SSSR count). The molecule has 170 valence electrons. The van der Waals surface area contributed by atoms with E-state index in [0.717, 1.165) is 43.5 Å². The topological polar surface area (TPSA) is 70.6 Å². The standard InChI is InChI=1S/C23H26ClN3O3S2/c1-15-4-6-19(12-16(15)2)32(29,30)26(3)14-22(28)27-10-8-17(9-11-27)23-25-20-13-18(24)5-7-21(20)31-23/h4-7,12-13,17H,8-11,14H2,1-3H3. The maximum absolute atomic E-state index is 12.9. The van der Waals surface area contributed by atoms with Crippen LogP contribution in [0.4, 0.5) is 0 Å². The van der Waals surface area contributed by atoms with Crippen molar-refractivity contribution in [2.24, 2.45) is 0 Å². The molecular formula is C23H26ClN3O3S2. The van der Waals surface area contributed by atoms with E-state index in [1.807, 2.05) is 32.0 Å². The molecule has 1 saturated heterocycles. The second kappa shape index (κ2) is 9.09. The summed E-state index contributed by atoms with van der Waals surface area (Å²) in [5.74, 6) is 0.127. The number of aryl methyl sites for hydroxylation is 2. The highest BCUT2D eigenvalue weighted by Crippen LogP contribution is 2.34. The van der Waals surface area contributed by atoms with Gasteiger partial charge in [-0.15, -0.1) is 11.3 Å². The summed E-state index contributed by atoms with van der Waals surface area (Å²) in [5.41, 5.74) is 2.85. The number of aromatic nitrogens is 1. The SMILES string of the molecule is Cc1ccc(S(=O)(=O)N(C)CC(=O)N2CCC(c3nc4cc(Cl)ccc4s3)CC2)cc1C. The lowest BCUT2D eigenvalue weighted by molar-refractivity contribution is -0.132. The summed E-state index contributed by atoms with van der Waals surface area (Å²) in [6, 6.07) is 10.8. The lowest BCUT2D eigenvalue weighted by Crippen LogP contribution is -2.44. The Morgan fingerprint density at radius 1 is 1.16 bits per heavy atom. The number of likely N-dealkylation sites (tertiary alicyclic amines) is 1. The number of carbonyl (C=O) groups excluding carboxylic acids is 1. The zero-order chi connectivity index (χ0) is 23.0. The number of piperidine rings is 1. The maximum Gasteiger partial charge on any atom is 0.243 e. The summed E-state index contributed by atoms with van der Waals surface area (Å²) in [6.45, 7) is 4.84. The van der Waals surface area contributed by atoms with E-state index in [-0.39, 0.29) is 17.3 Å². The largest absolute Gasteiger partial charge is 0.342 e. The highest BCUT2D eigenvalue weighted by molar-refractivity contribution is 7.89. The van der Waals surface area contributed by atoms with E-state index >= 15 is 0 Å². The lowest BCUT2D eigenvalue weighted by atomic mass is 9.97. The van der Waals surface area contributed by atoms with Crippen molar-refractivity contribution >= 4 is 49.1 Å². The van der Waals surface area contributed by atoms with Gasteiger partial charge in [-0.25, -0.2) is 13.4 Å². The van der Waals surface area contributed by atoms with Gasteiger partial charge < -0.3 is 4.90 Å². The first kappa shape index (κ1) is 23.2. The van der Waals surface area contributed by atoms with Crippen LogP contribution in [0.25, 0.3) is 10.2 Å². The van der Waals surface area contributed by atoms with E-state index in [9.17, 15) is 13.2 Å². The number of rotatable bonds is 5. The Hall–Kier alpha value is -2.00. The quantitative estimate of drug-likeness (QED) is 0.523. The highest BCUT2D eigenvalue weighted by atomic mass is 35.5. The number of amides is 1. The van der Waals surface area contributed by atoms with Crippen LogP contribution in [-0.4, -0.2) is 55.2 Å². The van der Waals surface area contributed by atoms with Gasteiger partial charge >= 0.3 is 0 Å². The minimum atomic E-state index is -3.72. The normalized spacial score (nSPS) is 15.6. The van der Waals surface area contributed by atoms with Crippen molar-refractivity contribution in [3.05, 3.63) is 57.6 Å². The molecule has 2 heterocycles. The molecule has 0 atom stereocenters. The van der Waals surface area contributed by atoms with Gasteiger partial charge in [-0.05, 0) is 68.1 Å². The average Bonchev–Trinajstić information content (AvgIpc) is 3.18. The van der Waals surface area contributed by atoms with Crippen molar-refractivity contribution in [2.45, 2.75) is 37.5 Å². The van der Waals surface area contributed by atoms with Gasteiger partial charge in [-0.1, -0.05) is 17.7 Å². The van der Waals surface area contributed by atoms with Crippen LogP contribution in [-0.2, 0) is 14.8 Å². The smallest absolute Gasteiger partial charge is 0.243 e. The van der Waals surface area contributed by atoms with E-state index in [4.69, 9.17) is 16.6 Å². The minimum Gasteiger partial charge on any atom is -0.342 e. The third-order valence-corrected chi connectivity index (χ3v) is 9.34. The molecule has 0 saturated carbocycles. The fourth-order valence-electron chi connectivity index (χ4n) is 3.90. The van der Waals surface area contributed by atoms with Crippen LogP contribution < -0.4 is 0 Å². The maximum atomic E-state index is 12.9. The summed E-state index contributed by atoms with van der Waals surface area (Å²) in [5, 5.41) is 1.75. The molecule has 3 aromatic rings. The number of likely N-dealkylation sites (N-methyl/N-ethyl adjacent to an activating group) is 1. The Labute approximate surface area is 197 Å². The van der Waals surface area contributed by atoms with E-state index in [1.165, 1.54) is 7.05 Å². The number of carbonyl (C=O) groups is 1. The van der Waals surface area contributed by atoms with Gasteiger partial charge in [-0.2, -0.15) is 4.31 Å². The minimum absolute atomic E-state index is 0.167. The predicted octanol–water partition coefficient (Wildman–Crippen LogP) is 4.59. The molecule has 0 unspecified atom stereocenters. The first-order chi connectivity index (χ1) is 15.1. The van der Waals surface area contributed by atoms with Gasteiger partial charge in [0, 0.05) is 31.1 Å². The Morgan fingerprint density at radius 2 is 1.88 bits per heavy atom. The van der Waals surface area contributed by atoms with Gasteiger partial charge in [0.05, 0.1) is 26.7 Å². The molecule has 0 bridgehead atoms. The summed E-state index contributed by atoms with van der Waals surface area (Å²) in [4.78, 5) is 19.5. The van der Waals surface area contributed by atoms with Crippen molar-refractivity contribution in [1.29, 1.82) is 0 Å². The third kappa shape index (κ3) is 4.69. The molecule has 1 aliphatic heterocycles. The molecule has 1 fully saturated rings. The van der Waals surface area contributed by atoms with E-state index < -0.39 is 10.0 Å². The lowest BCUT2D eigenvalue weighted by Gasteiger charge is -2.32. The number of halogens is 1. The van der Waals surface area contributed by atoms with E-state index in [1.54, 1.807) is 34.4 Å². The molecule has 0 spiro atoms. The van der Waals surface area contributed by atoms with Crippen molar-refractivity contribution in [3.63, 3.8) is 0 Å². The highest BCUT2D eigenvalue weighted by Gasteiger charge is 2.29. The molecule has 32 heavy (non-hydrogen) atoms. The molecule has 9 heteroatoms. The summed E-state index contributed by atoms with van der Waals surface area (Å²) >= 11 is 7.74. The number of benzene rings is 2. The number of thiazole rings is 1. The Balaban J connectivity index is 1.37. The second-order valence-electron chi connectivity index (χ2n) is 8.33. The molecule has 1 aromatic heterocycles. The van der Waals surface area contributed by atoms with Gasteiger partial charge in [-0.3, -0.25) is 4.79 Å². The van der Waals surface area contributed by atoms with Crippen LogP contribution in [0, 0.1) is 13.8 Å². The fraction of sp³-hybridized carbons (Fsp3) is 0.391. The number of hydrogen-bond acceptors (Lipinski definition) is 5. The summed E-state index contributed by atoms with van der Waals surface area (Å²) in [7, 11) is -2.26. The zero-order valence-electron chi connectivity index (χ0n) is 18.3. The number of fused-ring (bicyclic) bond motifs is 1. The van der Waals surface area contributed by atoms with Gasteiger partial charge in [0.1, 0.15) is 0 Å². The van der Waals surface area contributed by atoms with Crippen molar-refractivity contribution in [2.75, 3.05) is 26.7 Å². The average molecular weight is 492 g/mol. The monoisotopic (exact) mass is 491 g/mol. The van der Waals surface area contributed by atoms with Gasteiger partial charge in [0.15, 0.2) is 0 Å². The van der Waals surface area contributed by atoms with Crippen molar-refractivity contribution in [1.82, 2.24) is 14.2 Å². The molecule has 6 nitrogen and oxygen atoms in total. The molecule has 0 N–H and O–H groups in total. The van der Waals surface area contributed by atoms with Gasteiger partial charge in [0.25, 0.3) is 0 Å². The first-order valence-electron chi connectivity index (χ1n) is 10.5. The van der Waals surface area contributed by atoms with Crippen LogP contribution in [0.15, 0.2) is 41.3 Å². The third-order valence-electron chi connectivity index (χ3n) is 6.11. The van der Waals surface area contributed by atoms with Gasteiger partial charge in [0.2, 0.25) is 15.9 Å². The van der Waals surface area contributed by atoms with Crippen LogP contribution >= 0.6 is 22.9 Å². The zero-order valence-corrected chi connectivity index (χ0v) is 20.7. The summed E-state index contributed by atoms with van der Waals surface area (Å²) in [6.07, 6.45) is 1.62. The number of nitrogens with zero attached hydrogens (tertiary/aromatic N) is 3. The number of sulfonamides is 1. The fourth-order valence-corrected chi connectivity index (χ4v) is 6.39. The van der Waals surface area contributed by atoms with Crippen LogP contribution in [0.2, 0.25) is 5.02 Å². The first-order valence-corrected chi connectivity index (χ1v) is 13.2. The second-order valence-corrected chi connectivity index (χ2v) is 11.9. The van der Waals surface area contributed by atoms with Crippen LogP contribution in [0.1, 0.15) is 34.9 Å². The number of hydrogen-bond donors (Lipinski definition) is 0. The Bertz CT molecular complexity index is 1260. The van der Waals surface area contributed by atoms with E-state index in [2.05, 4.69) is 0 Å². The predicted molar refractivity (Wildman–Crippen MR) is 129 cm³/mol. The van der Waals surface area contributed by atoms with Crippen molar-refractivity contribution < 1.29 is 13.2 Å². The van der Waals surface area contributed by atoms with E-state index in [0.29, 0.717) is 24.0 Å². The van der Waals surface area contributed by atoms with Crippen LogP contribution in [0.3, 0.4) is 0 Å². The molecule has 0 aliphatic carbocycles.